The molecule has 0 aliphatic heterocycles. The number of thioether (sulfide) groups is 1. The van der Waals surface area contributed by atoms with E-state index in [9.17, 15) is 0 Å². The van der Waals surface area contributed by atoms with E-state index in [0.717, 1.165) is 23.1 Å². The van der Waals surface area contributed by atoms with E-state index < -0.39 is 0 Å². The van der Waals surface area contributed by atoms with Crippen molar-refractivity contribution in [1.82, 2.24) is 9.78 Å². The fourth-order valence-corrected chi connectivity index (χ4v) is 1.94. The van der Waals surface area contributed by atoms with E-state index in [1.165, 1.54) is 0 Å². The van der Waals surface area contributed by atoms with Crippen molar-refractivity contribution in [2.75, 3.05) is 12.8 Å². The van der Waals surface area contributed by atoms with Crippen molar-refractivity contribution in [3.8, 4) is 11.2 Å². The molecule has 0 spiro atoms. The van der Waals surface area contributed by atoms with E-state index in [-0.39, 0.29) is 0 Å². The Hall–Kier alpha value is -2.13. The van der Waals surface area contributed by atoms with Gasteiger partial charge in [0.1, 0.15) is 17.0 Å². The smallest absolute Gasteiger partial charge is 0.138 e. The molecule has 92 valence electrons. The van der Waals surface area contributed by atoms with E-state index in [0.29, 0.717) is 17.3 Å². The lowest BCUT2D eigenvalue weighted by atomic mass is 10.2. The third-order valence-electron chi connectivity index (χ3n) is 2.49. The van der Waals surface area contributed by atoms with E-state index in [1.54, 1.807) is 18.0 Å². The van der Waals surface area contributed by atoms with Gasteiger partial charge >= 0.3 is 0 Å². The Bertz CT molecular complexity index is 571. The zero-order chi connectivity index (χ0) is 13.0. The summed E-state index contributed by atoms with van der Waals surface area (Å²) >= 11 is 1.02. The topological polar surface area (TPSA) is 76.9 Å². The first kappa shape index (κ1) is 12.3. The standard InChI is InChI=1S/C12H12N4OS/c1-17-10-4-2-9(3-5-10)7-16-12(14)11(6-15-16)18-8-13/h2-6H,7,14H2,1H3. The Labute approximate surface area is 109 Å². The lowest BCUT2D eigenvalue weighted by Crippen LogP contribution is -2.05. The van der Waals surface area contributed by atoms with Crippen LogP contribution in [0, 0.1) is 10.7 Å². The quantitative estimate of drug-likeness (QED) is 0.673. The molecule has 1 aromatic heterocycles. The monoisotopic (exact) mass is 260 g/mol. The van der Waals surface area contributed by atoms with Crippen LogP contribution >= 0.6 is 11.8 Å². The molecule has 18 heavy (non-hydrogen) atoms. The number of hydrogen-bond donors (Lipinski definition) is 1. The number of benzene rings is 1. The lowest BCUT2D eigenvalue weighted by molar-refractivity contribution is 0.414. The van der Waals surface area contributed by atoms with Gasteiger partial charge < -0.3 is 10.5 Å². The molecular weight excluding hydrogens is 248 g/mol. The van der Waals surface area contributed by atoms with Crippen LogP contribution in [0.4, 0.5) is 5.82 Å². The highest BCUT2D eigenvalue weighted by molar-refractivity contribution is 8.03. The highest BCUT2D eigenvalue weighted by Crippen LogP contribution is 2.24. The molecule has 0 radical (unpaired) electrons. The molecule has 0 fully saturated rings. The summed E-state index contributed by atoms with van der Waals surface area (Å²) in [6.07, 6.45) is 1.60. The summed E-state index contributed by atoms with van der Waals surface area (Å²) in [5.74, 6) is 1.32. The van der Waals surface area contributed by atoms with Crippen molar-refractivity contribution < 1.29 is 4.74 Å². The number of aromatic nitrogens is 2. The second kappa shape index (κ2) is 5.47. The van der Waals surface area contributed by atoms with Gasteiger partial charge in [0.2, 0.25) is 0 Å². The summed E-state index contributed by atoms with van der Waals surface area (Å²) < 4.78 is 6.76. The number of ether oxygens (including phenoxy) is 1. The highest BCUT2D eigenvalue weighted by Gasteiger charge is 2.08. The number of nitrogens with zero attached hydrogens (tertiary/aromatic N) is 3. The molecule has 0 bridgehead atoms. The number of nitriles is 1. The molecule has 0 saturated carbocycles. The SMILES string of the molecule is COc1ccc(Cn2ncc(SC#N)c2N)cc1. The van der Waals surface area contributed by atoms with Crippen LogP contribution in [0.1, 0.15) is 5.56 Å². The zero-order valence-electron chi connectivity index (χ0n) is 9.83. The minimum Gasteiger partial charge on any atom is -0.497 e. The summed E-state index contributed by atoms with van der Waals surface area (Å²) in [6.45, 7) is 0.571. The molecule has 1 aromatic carbocycles. The minimum absolute atomic E-state index is 0.511. The molecule has 0 unspecified atom stereocenters. The Balaban J connectivity index is 2.15. The van der Waals surface area contributed by atoms with Gasteiger partial charge in [-0.15, -0.1) is 0 Å². The van der Waals surface area contributed by atoms with E-state index in [2.05, 4.69) is 5.10 Å². The van der Waals surface area contributed by atoms with E-state index in [4.69, 9.17) is 15.7 Å². The summed E-state index contributed by atoms with van der Waals surface area (Å²) in [6, 6.07) is 7.69. The Morgan fingerprint density at radius 1 is 1.44 bits per heavy atom. The maximum absolute atomic E-state index is 8.61. The summed E-state index contributed by atoms with van der Waals surface area (Å²) in [5, 5.41) is 14.8. The van der Waals surface area contributed by atoms with E-state index in [1.807, 2.05) is 29.7 Å². The maximum Gasteiger partial charge on any atom is 0.138 e. The first-order valence-electron chi connectivity index (χ1n) is 5.24. The van der Waals surface area contributed by atoms with Gasteiger partial charge in [-0.3, -0.25) is 0 Å². The second-order valence-corrected chi connectivity index (χ2v) is 4.42. The number of thiocyanates is 1. The van der Waals surface area contributed by atoms with Crippen molar-refractivity contribution in [3.05, 3.63) is 36.0 Å². The summed E-state index contributed by atoms with van der Waals surface area (Å²) in [4.78, 5) is 0.686. The van der Waals surface area contributed by atoms with Crippen LogP contribution in [0.25, 0.3) is 0 Å². The van der Waals surface area contributed by atoms with Crippen LogP contribution in [-0.4, -0.2) is 16.9 Å². The van der Waals surface area contributed by atoms with Crippen LogP contribution in [0.2, 0.25) is 0 Å². The zero-order valence-corrected chi connectivity index (χ0v) is 10.6. The molecule has 6 heteroatoms. The second-order valence-electron chi connectivity index (χ2n) is 3.59. The van der Waals surface area contributed by atoms with Gasteiger partial charge in [0, 0.05) is 0 Å². The normalized spacial score (nSPS) is 10.0. The molecular formula is C12H12N4OS. The van der Waals surface area contributed by atoms with E-state index >= 15 is 0 Å². The predicted octanol–water partition coefficient (Wildman–Crippen LogP) is 2.10. The molecule has 2 rings (SSSR count). The molecule has 1 heterocycles. The molecule has 5 nitrogen and oxygen atoms in total. The van der Waals surface area contributed by atoms with Crippen molar-refractivity contribution in [2.45, 2.75) is 11.4 Å². The van der Waals surface area contributed by atoms with Gasteiger partial charge in [0.15, 0.2) is 0 Å². The molecule has 0 aliphatic rings. The molecule has 0 amide bonds. The van der Waals surface area contributed by atoms with Crippen LogP contribution in [0.15, 0.2) is 35.4 Å². The number of nitrogen functional groups attached to an aromatic ring is 1. The average Bonchev–Trinajstić information content (AvgIpc) is 2.73. The third-order valence-corrected chi connectivity index (χ3v) is 3.12. The Morgan fingerprint density at radius 2 is 2.17 bits per heavy atom. The first-order chi connectivity index (χ1) is 8.74. The van der Waals surface area contributed by atoms with Gasteiger partial charge in [0.25, 0.3) is 0 Å². The average molecular weight is 260 g/mol. The number of rotatable bonds is 4. The minimum atomic E-state index is 0.511. The number of methoxy groups -OCH3 is 1. The molecule has 0 saturated heterocycles. The first-order valence-corrected chi connectivity index (χ1v) is 6.06. The maximum atomic E-state index is 8.61. The molecule has 2 N–H and O–H groups in total. The van der Waals surface area contributed by atoms with Crippen LogP contribution in [0.3, 0.4) is 0 Å². The summed E-state index contributed by atoms with van der Waals surface area (Å²) in [5.41, 5.74) is 6.97. The van der Waals surface area contributed by atoms with Crippen molar-refractivity contribution >= 4 is 17.6 Å². The fraction of sp³-hybridized carbons (Fsp3) is 0.167. The van der Waals surface area contributed by atoms with Gasteiger partial charge in [-0.2, -0.15) is 10.4 Å². The molecule has 0 aliphatic carbocycles. The fourth-order valence-electron chi connectivity index (χ4n) is 1.54. The van der Waals surface area contributed by atoms with Gasteiger partial charge in [-0.25, -0.2) is 4.68 Å². The largest absolute Gasteiger partial charge is 0.497 e. The van der Waals surface area contributed by atoms with Gasteiger partial charge in [-0.05, 0) is 29.5 Å². The summed E-state index contributed by atoms with van der Waals surface area (Å²) in [7, 11) is 1.63. The van der Waals surface area contributed by atoms with Crippen LogP contribution in [-0.2, 0) is 6.54 Å². The van der Waals surface area contributed by atoms with Crippen LogP contribution < -0.4 is 10.5 Å². The Morgan fingerprint density at radius 3 is 2.78 bits per heavy atom. The van der Waals surface area contributed by atoms with Crippen molar-refractivity contribution in [2.24, 2.45) is 0 Å². The molecule has 0 atom stereocenters. The third kappa shape index (κ3) is 2.57. The van der Waals surface area contributed by atoms with Gasteiger partial charge in [0.05, 0.1) is 24.7 Å². The predicted molar refractivity (Wildman–Crippen MR) is 70.2 cm³/mol. The number of anilines is 1. The highest BCUT2D eigenvalue weighted by atomic mass is 32.2. The lowest BCUT2D eigenvalue weighted by Gasteiger charge is -2.05. The number of hydrogen-bond acceptors (Lipinski definition) is 5. The van der Waals surface area contributed by atoms with Gasteiger partial charge in [-0.1, -0.05) is 12.1 Å². The Kier molecular flexibility index (Phi) is 3.75. The van der Waals surface area contributed by atoms with Crippen molar-refractivity contribution in [3.63, 3.8) is 0 Å². The van der Waals surface area contributed by atoms with Crippen LogP contribution in [0.5, 0.6) is 5.75 Å². The number of nitrogens with two attached hydrogens (primary N) is 1. The van der Waals surface area contributed by atoms with Crippen molar-refractivity contribution in [1.29, 1.82) is 5.26 Å². The molecule has 2 aromatic rings.